The maximum absolute atomic E-state index is 10.7. The number of hydrogen-bond acceptors (Lipinski definition) is 3. The molecule has 0 amide bonds. The molecule has 0 atom stereocenters. The van der Waals surface area contributed by atoms with E-state index in [9.17, 15) is 10.1 Å². The Morgan fingerprint density at radius 1 is 1.44 bits per heavy atom. The first-order chi connectivity index (χ1) is 7.35. The molecule has 4 heteroatoms. The first-order valence-corrected chi connectivity index (χ1v) is 5.30. The van der Waals surface area contributed by atoms with Crippen LogP contribution in [0.5, 0.6) is 0 Å². The number of nitrogens with zero attached hydrogens (tertiary/aromatic N) is 1. The number of non-ortho nitro benzene ring substituents is 1. The molecule has 1 aromatic rings. The molecule has 2 N–H and O–H groups in total. The number of nitro benzene ring substituents is 1. The van der Waals surface area contributed by atoms with E-state index in [1.165, 1.54) is 6.07 Å². The van der Waals surface area contributed by atoms with Gasteiger partial charge in [-0.05, 0) is 36.4 Å². The molecule has 16 heavy (non-hydrogen) atoms. The Morgan fingerprint density at radius 3 is 2.56 bits per heavy atom. The van der Waals surface area contributed by atoms with Gasteiger partial charge in [0.05, 0.1) is 4.92 Å². The van der Waals surface area contributed by atoms with E-state index in [1.54, 1.807) is 12.1 Å². The number of rotatable bonds is 4. The molecule has 88 valence electrons. The van der Waals surface area contributed by atoms with Crippen molar-refractivity contribution < 1.29 is 4.92 Å². The molecule has 1 rings (SSSR count). The van der Waals surface area contributed by atoms with Gasteiger partial charge in [0, 0.05) is 12.1 Å². The average Bonchev–Trinajstić information content (AvgIpc) is 2.21. The molecular weight excluding hydrogens is 204 g/mol. The predicted octanol–water partition coefficient (Wildman–Crippen LogP) is 2.43. The molecule has 0 aromatic heterocycles. The van der Waals surface area contributed by atoms with Crippen LogP contribution >= 0.6 is 0 Å². The summed E-state index contributed by atoms with van der Waals surface area (Å²) in [6, 6.07) is 4.97. The fourth-order valence-corrected chi connectivity index (χ4v) is 1.55. The topological polar surface area (TPSA) is 69.2 Å². The summed E-state index contributed by atoms with van der Waals surface area (Å²) in [6.07, 6.45) is 0.761. The van der Waals surface area contributed by atoms with Gasteiger partial charge >= 0.3 is 0 Å². The van der Waals surface area contributed by atoms with Crippen LogP contribution < -0.4 is 5.73 Å². The van der Waals surface area contributed by atoms with E-state index >= 15 is 0 Å². The van der Waals surface area contributed by atoms with E-state index in [0.29, 0.717) is 6.54 Å². The summed E-state index contributed by atoms with van der Waals surface area (Å²) in [5.41, 5.74) is 7.87. The molecule has 0 aliphatic heterocycles. The highest BCUT2D eigenvalue weighted by Crippen LogP contribution is 2.25. The molecule has 0 aliphatic carbocycles. The zero-order valence-corrected chi connectivity index (χ0v) is 9.99. The normalized spacial score (nSPS) is 11.5. The third-order valence-corrected chi connectivity index (χ3v) is 2.77. The number of hydrogen-bond donors (Lipinski definition) is 1. The fraction of sp³-hybridized carbons (Fsp3) is 0.500. The van der Waals surface area contributed by atoms with Crippen LogP contribution in [0.4, 0.5) is 5.69 Å². The molecule has 1 aromatic carbocycles. The van der Waals surface area contributed by atoms with Crippen molar-refractivity contribution in [3.8, 4) is 0 Å². The second kappa shape index (κ2) is 4.61. The maximum Gasteiger partial charge on any atom is 0.269 e. The molecule has 0 unspecified atom stereocenters. The van der Waals surface area contributed by atoms with Crippen molar-refractivity contribution in [1.82, 2.24) is 0 Å². The van der Waals surface area contributed by atoms with Gasteiger partial charge in [-0.3, -0.25) is 10.1 Å². The number of aryl methyl sites for hydroxylation is 1. The summed E-state index contributed by atoms with van der Waals surface area (Å²) >= 11 is 0. The molecule has 0 heterocycles. The van der Waals surface area contributed by atoms with Gasteiger partial charge in [0.2, 0.25) is 0 Å². The number of benzene rings is 1. The quantitative estimate of drug-likeness (QED) is 0.628. The van der Waals surface area contributed by atoms with Crippen LogP contribution in [0.25, 0.3) is 0 Å². The van der Waals surface area contributed by atoms with Gasteiger partial charge in [0.25, 0.3) is 5.69 Å². The van der Waals surface area contributed by atoms with Crippen LogP contribution in [-0.2, 0) is 6.42 Å². The van der Waals surface area contributed by atoms with Gasteiger partial charge in [0.1, 0.15) is 0 Å². The summed E-state index contributed by atoms with van der Waals surface area (Å²) in [5, 5.41) is 10.7. The van der Waals surface area contributed by atoms with E-state index in [0.717, 1.165) is 17.5 Å². The van der Waals surface area contributed by atoms with Crippen LogP contribution in [0, 0.1) is 22.5 Å². The lowest BCUT2D eigenvalue weighted by atomic mass is 9.84. The fourth-order valence-electron chi connectivity index (χ4n) is 1.55. The van der Waals surface area contributed by atoms with Gasteiger partial charge in [-0.25, -0.2) is 0 Å². The first kappa shape index (κ1) is 12.6. The molecular formula is C12H18N2O2. The molecule has 0 saturated heterocycles. The Morgan fingerprint density at radius 2 is 2.06 bits per heavy atom. The van der Waals surface area contributed by atoms with Gasteiger partial charge < -0.3 is 5.73 Å². The molecule has 0 saturated carbocycles. The monoisotopic (exact) mass is 222 g/mol. The number of nitrogens with two attached hydrogens (primary N) is 1. The van der Waals surface area contributed by atoms with Crippen LogP contribution in [-0.4, -0.2) is 11.5 Å². The third-order valence-electron chi connectivity index (χ3n) is 2.77. The lowest BCUT2D eigenvalue weighted by molar-refractivity contribution is -0.384. The van der Waals surface area contributed by atoms with Crippen LogP contribution in [0.15, 0.2) is 18.2 Å². The van der Waals surface area contributed by atoms with Gasteiger partial charge in [-0.15, -0.1) is 0 Å². The summed E-state index contributed by atoms with van der Waals surface area (Å²) in [4.78, 5) is 10.3. The lowest BCUT2D eigenvalue weighted by Gasteiger charge is -2.23. The smallest absolute Gasteiger partial charge is 0.269 e. The molecule has 4 nitrogen and oxygen atoms in total. The molecule has 0 spiro atoms. The van der Waals surface area contributed by atoms with Gasteiger partial charge in [-0.1, -0.05) is 19.9 Å². The minimum Gasteiger partial charge on any atom is -0.330 e. The van der Waals surface area contributed by atoms with Crippen molar-refractivity contribution in [3.05, 3.63) is 39.4 Å². The predicted molar refractivity (Wildman–Crippen MR) is 64.4 cm³/mol. The van der Waals surface area contributed by atoms with Crippen molar-refractivity contribution in [3.63, 3.8) is 0 Å². The first-order valence-electron chi connectivity index (χ1n) is 5.30. The van der Waals surface area contributed by atoms with E-state index in [-0.39, 0.29) is 16.0 Å². The van der Waals surface area contributed by atoms with Crippen molar-refractivity contribution in [1.29, 1.82) is 0 Å². The SMILES string of the molecule is Cc1ccc([N+](=O)[O-])cc1CC(C)(C)CN. The van der Waals surface area contributed by atoms with Crippen LogP contribution in [0.3, 0.4) is 0 Å². The molecule has 0 bridgehead atoms. The largest absolute Gasteiger partial charge is 0.330 e. The Bertz CT molecular complexity index is 400. The summed E-state index contributed by atoms with van der Waals surface area (Å²) in [6.45, 7) is 6.65. The van der Waals surface area contributed by atoms with Crippen molar-refractivity contribution in [2.45, 2.75) is 27.2 Å². The van der Waals surface area contributed by atoms with Gasteiger partial charge in [-0.2, -0.15) is 0 Å². The maximum atomic E-state index is 10.7. The minimum atomic E-state index is -0.363. The second-order valence-corrected chi connectivity index (χ2v) is 4.91. The summed E-state index contributed by atoms with van der Waals surface area (Å²) in [7, 11) is 0. The zero-order valence-electron chi connectivity index (χ0n) is 9.99. The highest BCUT2D eigenvalue weighted by Gasteiger charge is 2.19. The Balaban J connectivity index is 3.03. The van der Waals surface area contributed by atoms with Crippen LogP contribution in [0.1, 0.15) is 25.0 Å². The number of nitro groups is 1. The molecule has 0 aliphatic rings. The van der Waals surface area contributed by atoms with E-state index < -0.39 is 0 Å². The van der Waals surface area contributed by atoms with E-state index in [1.807, 2.05) is 6.92 Å². The van der Waals surface area contributed by atoms with Gasteiger partial charge in [0.15, 0.2) is 0 Å². The minimum absolute atomic E-state index is 0.0278. The Labute approximate surface area is 95.6 Å². The van der Waals surface area contributed by atoms with Crippen molar-refractivity contribution in [2.75, 3.05) is 6.54 Å². The zero-order chi connectivity index (χ0) is 12.3. The molecule has 0 fully saturated rings. The third kappa shape index (κ3) is 3.03. The van der Waals surface area contributed by atoms with Crippen LogP contribution in [0.2, 0.25) is 0 Å². The van der Waals surface area contributed by atoms with Crippen molar-refractivity contribution >= 4 is 5.69 Å². The highest BCUT2D eigenvalue weighted by molar-refractivity contribution is 5.39. The summed E-state index contributed by atoms with van der Waals surface area (Å²) in [5.74, 6) is 0. The Kier molecular flexibility index (Phi) is 3.65. The second-order valence-electron chi connectivity index (χ2n) is 4.91. The lowest BCUT2D eigenvalue weighted by Crippen LogP contribution is -2.26. The standard InChI is InChI=1S/C12H18N2O2/c1-9-4-5-11(14(15)16)6-10(9)7-12(2,3)8-13/h4-6H,7-8,13H2,1-3H3. The summed E-state index contributed by atoms with van der Waals surface area (Å²) < 4.78 is 0. The molecule has 0 radical (unpaired) electrons. The van der Waals surface area contributed by atoms with Crippen molar-refractivity contribution in [2.24, 2.45) is 11.1 Å². The Hall–Kier alpha value is -1.42. The average molecular weight is 222 g/mol. The van der Waals surface area contributed by atoms with E-state index in [4.69, 9.17) is 5.73 Å². The van der Waals surface area contributed by atoms with E-state index in [2.05, 4.69) is 13.8 Å². The highest BCUT2D eigenvalue weighted by atomic mass is 16.6.